The van der Waals surface area contributed by atoms with Crippen molar-refractivity contribution >= 4 is 0 Å². The highest BCUT2D eigenvalue weighted by Crippen LogP contribution is 2.25. The average molecular weight is 260 g/mol. The monoisotopic (exact) mass is 260 g/mol. The normalized spacial score (nSPS) is 10.2. The molecule has 3 aromatic rings. The van der Waals surface area contributed by atoms with Crippen LogP contribution >= 0.6 is 0 Å². The van der Waals surface area contributed by atoms with Gasteiger partial charge in [0.15, 0.2) is 12.2 Å². The van der Waals surface area contributed by atoms with Crippen LogP contribution in [-0.4, -0.2) is 4.98 Å². The minimum absolute atomic E-state index is 0.637. The van der Waals surface area contributed by atoms with Crippen molar-refractivity contribution in [1.82, 2.24) is 4.98 Å². The summed E-state index contributed by atoms with van der Waals surface area (Å²) in [7, 11) is 0. The van der Waals surface area contributed by atoms with Crippen molar-refractivity contribution in [2.45, 2.75) is 6.42 Å². The van der Waals surface area contributed by atoms with Gasteiger partial charge in [0, 0.05) is 12.0 Å². The quantitative estimate of drug-likeness (QED) is 0.719. The van der Waals surface area contributed by atoms with E-state index in [0.29, 0.717) is 5.56 Å². The molecule has 0 N–H and O–H groups in total. The molecule has 3 rings (SSSR count). The lowest BCUT2D eigenvalue weighted by atomic mass is 10.0. The van der Waals surface area contributed by atoms with Crippen LogP contribution in [0, 0.1) is 11.3 Å². The van der Waals surface area contributed by atoms with E-state index in [1.807, 2.05) is 30.3 Å². The molecule has 1 aromatic heterocycles. The van der Waals surface area contributed by atoms with Gasteiger partial charge < -0.3 is 4.42 Å². The zero-order valence-corrected chi connectivity index (χ0v) is 10.8. The molecule has 96 valence electrons. The third kappa shape index (κ3) is 2.45. The van der Waals surface area contributed by atoms with Crippen LogP contribution in [0.15, 0.2) is 65.4 Å². The molecule has 0 spiro atoms. The Morgan fingerprint density at radius 2 is 1.75 bits per heavy atom. The van der Waals surface area contributed by atoms with E-state index in [9.17, 15) is 0 Å². The van der Waals surface area contributed by atoms with Gasteiger partial charge >= 0.3 is 0 Å². The lowest BCUT2D eigenvalue weighted by Gasteiger charge is -2.02. The first kappa shape index (κ1) is 12.2. The maximum atomic E-state index is 8.82. The summed E-state index contributed by atoms with van der Waals surface area (Å²) < 4.78 is 5.50. The predicted octanol–water partition coefficient (Wildman–Crippen LogP) is 3.80. The molecule has 0 aliphatic carbocycles. The van der Waals surface area contributed by atoms with Gasteiger partial charge in [0.1, 0.15) is 0 Å². The lowest BCUT2D eigenvalue weighted by Crippen LogP contribution is -1.91. The van der Waals surface area contributed by atoms with Crippen LogP contribution in [-0.2, 0) is 6.42 Å². The van der Waals surface area contributed by atoms with E-state index >= 15 is 0 Å². The van der Waals surface area contributed by atoms with E-state index in [-0.39, 0.29) is 0 Å². The van der Waals surface area contributed by atoms with Crippen LogP contribution in [0.3, 0.4) is 0 Å². The highest BCUT2D eigenvalue weighted by Gasteiger charge is 2.11. The molecule has 0 radical (unpaired) electrons. The number of hydrogen-bond acceptors (Lipinski definition) is 3. The Morgan fingerprint density at radius 1 is 1.00 bits per heavy atom. The molecule has 2 aromatic carbocycles. The molecule has 3 nitrogen and oxygen atoms in total. The molecule has 0 saturated carbocycles. The van der Waals surface area contributed by atoms with Crippen LogP contribution in [0.4, 0.5) is 0 Å². The Balaban J connectivity index is 1.92. The van der Waals surface area contributed by atoms with Crippen molar-refractivity contribution in [1.29, 1.82) is 5.26 Å². The second kappa shape index (κ2) is 5.41. The van der Waals surface area contributed by atoms with Crippen molar-refractivity contribution in [2.24, 2.45) is 0 Å². The molecule has 0 aliphatic heterocycles. The molecule has 1 heterocycles. The summed E-state index contributed by atoms with van der Waals surface area (Å²) in [6, 6.07) is 19.6. The maximum Gasteiger partial charge on any atom is 0.181 e. The molecule has 0 amide bonds. The van der Waals surface area contributed by atoms with Gasteiger partial charge in [0.05, 0.1) is 17.3 Å². The van der Waals surface area contributed by atoms with Gasteiger partial charge in [0.25, 0.3) is 0 Å². The SMILES string of the molecule is N#Cc1ccc(-c2ocnc2Cc2ccccc2)cc1. The van der Waals surface area contributed by atoms with Gasteiger partial charge in [-0.3, -0.25) is 0 Å². The second-order valence-corrected chi connectivity index (χ2v) is 4.48. The van der Waals surface area contributed by atoms with Gasteiger partial charge in [-0.2, -0.15) is 5.26 Å². The Kier molecular flexibility index (Phi) is 3.30. The first-order valence-corrected chi connectivity index (χ1v) is 6.33. The Labute approximate surface area is 117 Å². The predicted molar refractivity (Wildman–Crippen MR) is 75.9 cm³/mol. The summed E-state index contributed by atoms with van der Waals surface area (Å²) in [5, 5.41) is 8.82. The fraction of sp³-hybridized carbons (Fsp3) is 0.0588. The van der Waals surface area contributed by atoms with Crippen molar-refractivity contribution in [2.75, 3.05) is 0 Å². The van der Waals surface area contributed by atoms with Crippen molar-refractivity contribution in [3.05, 3.63) is 77.8 Å². The average Bonchev–Trinajstić information content (AvgIpc) is 2.96. The van der Waals surface area contributed by atoms with Crippen LogP contribution in [0.2, 0.25) is 0 Å². The van der Waals surface area contributed by atoms with E-state index in [4.69, 9.17) is 9.68 Å². The Morgan fingerprint density at radius 3 is 2.45 bits per heavy atom. The number of oxazole rings is 1. The van der Waals surface area contributed by atoms with Gasteiger partial charge in [-0.1, -0.05) is 30.3 Å². The summed E-state index contributed by atoms with van der Waals surface area (Å²) in [4.78, 5) is 4.30. The Hall–Kier alpha value is -2.86. The molecule has 0 unspecified atom stereocenters. The first-order chi connectivity index (χ1) is 9.86. The molecular weight excluding hydrogens is 248 g/mol. The van der Waals surface area contributed by atoms with E-state index in [1.54, 1.807) is 12.1 Å². The Bertz CT molecular complexity index is 737. The van der Waals surface area contributed by atoms with Crippen molar-refractivity contribution < 1.29 is 4.42 Å². The van der Waals surface area contributed by atoms with E-state index in [1.165, 1.54) is 12.0 Å². The number of nitrogens with zero attached hydrogens (tertiary/aromatic N) is 2. The number of benzene rings is 2. The van der Waals surface area contributed by atoms with Crippen LogP contribution in [0.5, 0.6) is 0 Å². The molecule has 0 bridgehead atoms. The fourth-order valence-electron chi connectivity index (χ4n) is 2.12. The van der Waals surface area contributed by atoms with Gasteiger partial charge in [-0.05, 0) is 29.8 Å². The minimum atomic E-state index is 0.637. The first-order valence-electron chi connectivity index (χ1n) is 6.33. The van der Waals surface area contributed by atoms with E-state index < -0.39 is 0 Å². The lowest BCUT2D eigenvalue weighted by molar-refractivity contribution is 0.571. The molecular formula is C17H12N2O. The molecule has 0 atom stereocenters. The third-order valence-corrected chi connectivity index (χ3v) is 3.13. The summed E-state index contributed by atoms with van der Waals surface area (Å²) in [6.07, 6.45) is 2.19. The summed E-state index contributed by atoms with van der Waals surface area (Å²) in [5.41, 5.74) is 3.67. The smallest absolute Gasteiger partial charge is 0.181 e. The number of rotatable bonds is 3. The summed E-state index contributed by atoms with van der Waals surface area (Å²) >= 11 is 0. The van der Waals surface area contributed by atoms with Crippen LogP contribution in [0.25, 0.3) is 11.3 Å². The van der Waals surface area contributed by atoms with Crippen LogP contribution < -0.4 is 0 Å². The number of nitriles is 1. The van der Waals surface area contributed by atoms with Gasteiger partial charge in [-0.15, -0.1) is 0 Å². The van der Waals surface area contributed by atoms with Gasteiger partial charge in [0.2, 0.25) is 0 Å². The topological polar surface area (TPSA) is 49.8 Å². The molecule has 0 aliphatic rings. The summed E-state index contributed by atoms with van der Waals surface area (Å²) in [6.45, 7) is 0. The maximum absolute atomic E-state index is 8.82. The highest BCUT2D eigenvalue weighted by atomic mass is 16.3. The number of hydrogen-bond donors (Lipinski definition) is 0. The van der Waals surface area contributed by atoms with E-state index in [2.05, 4.69) is 23.2 Å². The highest BCUT2D eigenvalue weighted by molar-refractivity contribution is 5.61. The molecule has 0 fully saturated rings. The minimum Gasteiger partial charge on any atom is -0.443 e. The third-order valence-electron chi connectivity index (χ3n) is 3.13. The van der Waals surface area contributed by atoms with Gasteiger partial charge in [-0.25, -0.2) is 4.98 Å². The zero-order chi connectivity index (χ0) is 13.8. The second-order valence-electron chi connectivity index (χ2n) is 4.48. The molecule has 3 heteroatoms. The summed E-state index contributed by atoms with van der Waals surface area (Å²) in [5.74, 6) is 0.762. The fourth-order valence-corrected chi connectivity index (χ4v) is 2.12. The molecule has 0 saturated heterocycles. The zero-order valence-electron chi connectivity index (χ0n) is 10.8. The van der Waals surface area contributed by atoms with Crippen molar-refractivity contribution in [3.63, 3.8) is 0 Å². The van der Waals surface area contributed by atoms with Crippen LogP contribution in [0.1, 0.15) is 16.8 Å². The molecule has 20 heavy (non-hydrogen) atoms. The standard InChI is InChI=1S/C17H12N2O/c18-11-14-6-8-15(9-7-14)17-16(19-12-20-17)10-13-4-2-1-3-5-13/h1-9,12H,10H2. The van der Waals surface area contributed by atoms with Crippen molar-refractivity contribution in [3.8, 4) is 17.4 Å². The van der Waals surface area contributed by atoms with E-state index in [0.717, 1.165) is 23.4 Å². The largest absolute Gasteiger partial charge is 0.443 e. The number of aromatic nitrogens is 1.